The Labute approximate surface area is 123 Å². The SMILES string of the molecule is C[C@H](N)C(=O)N1CCN(CCN2[C@H](C)CC[C@H]2C)CC1. The Morgan fingerprint density at radius 2 is 1.65 bits per heavy atom. The fourth-order valence-electron chi connectivity index (χ4n) is 3.43. The third-order valence-electron chi connectivity index (χ3n) is 4.88. The standard InChI is InChI=1S/C15H30N4O/c1-12-4-5-13(2)19(12)11-8-17-6-9-18(10-7-17)15(20)14(3)16/h12-14H,4-11,16H2,1-3H3/t12-,13-,14+/m1/s1. The highest BCUT2D eigenvalue weighted by Gasteiger charge is 2.28. The molecule has 0 saturated carbocycles. The number of carbonyl (C=O) groups excluding carboxylic acids is 1. The molecule has 0 aromatic carbocycles. The molecule has 2 aliphatic rings. The summed E-state index contributed by atoms with van der Waals surface area (Å²) in [6.45, 7) is 12.3. The Morgan fingerprint density at radius 1 is 1.10 bits per heavy atom. The molecule has 0 aromatic heterocycles. The van der Waals surface area contributed by atoms with Gasteiger partial charge < -0.3 is 10.6 Å². The molecule has 116 valence electrons. The van der Waals surface area contributed by atoms with E-state index in [1.54, 1.807) is 6.92 Å². The van der Waals surface area contributed by atoms with Crippen LogP contribution < -0.4 is 5.73 Å². The number of amides is 1. The molecule has 2 heterocycles. The summed E-state index contributed by atoms with van der Waals surface area (Å²) in [7, 11) is 0. The molecule has 2 saturated heterocycles. The van der Waals surface area contributed by atoms with Gasteiger partial charge in [0, 0.05) is 51.4 Å². The predicted octanol–water partition coefficient (Wildman–Crippen LogP) is 0.351. The monoisotopic (exact) mass is 282 g/mol. The molecule has 0 aliphatic carbocycles. The van der Waals surface area contributed by atoms with E-state index in [1.165, 1.54) is 12.8 Å². The smallest absolute Gasteiger partial charge is 0.239 e. The van der Waals surface area contributed by atoms with Gasteiger partial charge in [-0.15, -0.1) is 0 Å². The van der Waals surface area contributed by atoms with E-state index in [-0.39, 0.29) is 11.9 Å². The summed E-state index contributed by atoms with van der Waals surface area (Å²) < 4.78 is 0. The highest BCUT2D eigenvalue weighted by Crippen LogP contribution is 2.22. The van der Waals surface area contributed by atoms with Crippen LogP contribution in [0.4, 0.5) is 0 Å². The summed E-state index contributed by atoms with van der Waals surface area (Å²) in [5, 5.41) is 0. The third-order valence-corrected chi connectivity index (χ3v) is 4.88. The maximum atomic E-state index is 11.8. The van der Waals surface area contributed by atoms with Crippen molar-refractivity contribution in [2.24, 2.45) is 5.73 Å². The van der Waals surface area contributed by atoms with E-state index in [4.69, 9.17) is 5.73 Å². The van der Waals surface area contributed by atoms with E-state index in [9.17, 15) is 4.79 Å². The van der Waals surface area contributed by atoms with Crippen LogP contribution in [-0.2, 0) is 4.79 Å². The molecule has 5 nitrogen and oxygen atoms in total. The van der Waals surface area contributed by atoms with Crippen molar-refractivity contribution in [1.29, 1.82) is 0 Å². The summed E-state index contributed by atoms with van der Waals surface area (Å²) >= 11 is 0. The summed E-state index contributed by atoms with van der Waals surface area (Å²) in [4.78, 5) is 18.8. The van der Waals surface area contributed by atoms with Crippen molar-refractivity contribution in [3.05, 3.63) is 0 Å². The van der Waals surface area contributed by atoms with Crippen LogP contribution in [0, 0.1) is 0 Å². The lowest BCUT2D eigenvalue weighted by atomic mass is 10.2. The van der Waals surface area contributed by atoms with Crippen LogP contribution in [0.5, 0.6) is 0 Å². The minimum Gasteiger partial charge on any atom is -0.339 e. The molecule has 0 radical (unpaired) electrons. The number of rotatable bonds is 4. The van der Waals surface area contributed by atoms with Crippen molar-refractivity contribution in [3.8, 4) is 0 Å². The second-order valence-corrected chi connectivity index (χ2v) is 6.47. The van der Waals surface area contributed by atoms with Gasteiger partial charge in [-0.05, 0) is 33.6 Å². The van der Waals surface area contributed by atoms with Crippen LogP contribution >= 0.6 is 0 Å². The molecule has 5 heteroatoms. The summed E-state index contributed by atoms with van der Waals surface area (Å²) in [6, 6.07) is 1.09. The lowest BCUT2D eigenvalue weighted by Crippen LogP contribution is -2.53. The van der Waals surface area contributed by atoms with E-state index in [0.29, 0.717) is 0 Å². The Balaban J connectivity index is 1.71. The number of hydrogen-bond donors (Lipinski definition) is 1. The van der Waals surface area contributed by atoms with E-state index >= 15 is 0 Å². The van der Waals surface area contributed by atoms with Crippen molar-refractivity contribution >= 4 is 5.91 Å². The van der Waals surface area contributed by atoms with Crippen molar-refractivity contribution in [2.45, 2.75) is 51.7 Å². The van der Waals surface area contributed by atoms with Crippen LogP contribution in [0.3, 0.4) is 0 Å². The maximum absolute atomic E-state index is 11.8. The average molecular weight is 282 g/mol. The van der Waals surface area contributed by atoms with E-state index in [1.807, 2.05) is 4.90 Å². The molecule has 2 aliphatic heterocycles. The number of piperazine rings is 1. The largest absolute Gasteiger partial charge is 0.339 e. The van der Waals surface area contributed by atoms with Gasteiger partial charge >= 0.3 is 0 Å². The summed E-state index contributed by atoms with van der Waals surface area (Å²) in [5.74, 6) is 0.0893. The van der Waals surface area contributed by atoms with Gasteiger partial charge in [0.2, 0.25) is 5.91 Å². The van der Waals surface area contributed by atoms with Gasteiger partial charge in [-0.1, -0.05) is 0 Å². The van der Waals surface area contributed by atoms with Crippen LogP contribution in [0.25, 0.3) is 0 Å². The Bertz CT molecular complexity index is 316. The molecular weight excluding hydrogens is 252 g/mol. The molecule has 20 heavy (non-hydrogen) atoms. The zero-order chi connectivity index (χ0) is 14.7. The number of nitrogens with two attached hydrogens (primary N) is 1. The number of likely N-dealkylation sites (tertiary alicyclic amines) is 1. The first-order valence-corrected chi connectivity index (χ1v) is 8.01. The molecule has 0 spiro atoms. The normalized spacial score (nSPS) is 30.7. The molecule has 3 atom stereocenters. The average Bonchev–Trinajstić information content (AvgIpc) is 2.75. The molecular formula is C15H30N4O. The quantitative estimate of drug-likeness (QED) is 0.808. The second-order valence-electron chi connectivity index (χ2n) is 6.47. The molecule has 0 aromatic rings. The second kappa shape index (κ2) is 6.87. The maximum Gasteiger partial charge on any atom is 0.239 e. The first-order valence-electron chi connectivity index (χ1n) is 8.01. The van der Waals surface area contributed by atoms with Gasteiger partial charge in [0.15, 0.2) is 0 Å². The molecule has 0 bridgehead atoms. The third kappa shape index (κ3) is 3.71. The highest BCUT2D eigenvalue weighted by atomic mass is 16.2. The summed E-state index contributed by atoms with van der Waals surface area (Å²) in [6.07, 6.45) is 2.66. The Hall–Kier alpha value is -0.650. The van der Waals surface area contributed by atoms with E-state index in [0.717, 1.165) is 51.4 Å². The van der Waals surface area contributed by atoms with Crippen molar-refractivity contribution in [3.63, 3.8) is 0 Å². The van der Waals surface area contributed by atoms with Crippen molar-refractivity contribution in [2.75, 3.05) is 39.3 Å². The first-order chi connectivity index (χ1) is 9.49. The predicted molar refractivity (Wildman–Crippen MR) is 81.5 cm³/mol. The Morgan fingerprint density at radius 3 is 2.15 bits per heavy atom. The number of carbonyl (C=O) groups is 1. The zero-order valence-corrected chi connectivity index (χ0v) is 13.2. The van der Waals surface area contributed by atoms with Gasteiger partial charge in [0.1, 0.15) is 0 Å². The van der Waals surface area contributed by atoms with Crippen LogP contribution in [-0.4, -0.2) is 78.0 Å². The Kier molecular flexibility index (Phi) is 5.41. The molecule has 2 N–H and O–H groups in total. The van der Waals surface area contributed by atoms with Crippen molar-refractivity contribution in [1.82, 2.24) is 14.7 Å². The minimum atomic E-state index is -0.368. The summed E-state index contributed by atoms with van der Waals surface area (Å²) in [5.41, 5.74) is 5.66. The number of nitrogens with zero attached hydrogens (tertiary/aromatic N) is 3. The van der Waals surface area contributed by atoms with E-state index in [2.05, 4.69) is 23.6 Å². The fraction of sp³-hybridized carbons (Fsp3) is 0.933. The lowest BCUT2D eigenvalue weighted by Gasteiger charge is -2.37. The fourth-order valence-corrected chi connectivity index (χ4v) is 3.43. The lowest BCUT2D eigenvalue weighted by molar-refractivity contribution is -0.133. The minimum absolute atomic E-state index is 0.0893. The topological polar surface area (TPSA) is 52.8 Å². The van der Waals surface area contributed by atoms with Gasteiger partial charge in [-0.2, -0.15) is 0 Å². The molecule has 0 unspecified atom stereocenters. The molecule has 2 rings (SSSR count). The van der Waals surface area contributed by atoms with Gasteiger partial charge in [-0.3, -0.25) is 14.6 Å². The highest BCUT2D eigenvalue weighted by molar-refractivity contribution is 5.81. The van der Waals surface area contributed by atoms with Crippen molar-refractivity contribution < 1.29 is 4.79 Å². The van der Waals surface area contributed by atoms with Gasteiger partial charge in [0.25, 0.3) is 0 Å². The van der Waals surface area contributed by atoms with Gasteiger partial charge in [-0.25, -0.2) is 0 Å². The molecule has 1 amide bonds. The zero-order valence-electron chi connectivity index (χ0n) is 13.2. The molecule has 2 fully saturated rings. The van der Waals surface area contributed by atoms with Crippen LogP contribution in [0.1, 0.15) is 33.6 Å². The van der Waals surface area contributed by atoms with Gasteiger partial charge in [0.05, 0.1) is 6.04 Å². The van der Waals surface area contributed by atoms with Crippen LogP contribution in [0.15, 0.2) is 0 Å². The van der Waals surface area contributed by atoms with E-state index < -0.39 is 0 Å². The first kappa shape index (κ1) is 15.7. The number of hydrogen-bond acceptors (Lipinski definition) is 4. The van der Waals surface area contributed by atoms with Crippen LogP contribution in [0.2, 0.25) is 0 Å².